The molecule has 0 saturated carbocycles. The van der Waals surface area contributed by atoms with Gasteiger partial charge < -0.3 is 18.6 Å². The largest absolute Gasteiger partial charge is 0.489 e. The molecule has 7 heteroatoms. The van der Waals surface area contributed by atoms with Crippen molar-refractivity contribution in [1.29, 1.82) is 0 Å². The molecule has 162 valence electrons. The number of benzene rings is 3. The highest BCUT2D eigenvalue weighted by atomic mass is 35.5. The lowest BCUT2D eigenvalue weighted by atomic mass is 10.2. The van der Waals surface area contributed by atoms with E-state index < -0.39 is 5.97 Å². The summed E-state index contributed by atoms with van der Waals surface area (Å²) in [7, 11) is 0. The fraction of sp³-hybridized carbons (Fsp3) is 0.120. The van der Waals surface area contributed by atoms with Crippen LogP contribution in [0.4, 0.5) is 0 Å². The van der Waals surface area contributed by atoms with Crippen LogP contribution in [0.15, 0.2) is 82.2 Å². The summed E-state index contributed by atoms with van der Waals surface area (Å²) in [4.78, 5) is 24.5. The molecule has 1 aromatic heterocycles. The van der Waals surface area contributed by atoms with Crippen LogP contribution in [-0.2, 0) is 11.3 Å². The van der Waals surface area contributed by atoms with E-state index in [0.29, 0.717) is 46.3 Å². The van der Waals surface area contributed by atoms with Gasteiger partial charge in [0.25, 0.3) is 0 Å². The van der Waals surface area contributed by atoms with Gasteiger partial charge in [-0.1, -0.05) is 23.7 Å². The molecule has 4 rings (SSSR count). The molecular formula is C25H19ClO6. The first-order valence-electron chi connectivity index (χ1n) is 9.91. The third kappa shape index (κ3) is 4.92. The molecule has 0 aliphatic heterocycles. The second-order valence-electron chi connectivity index (χ2n) is 6.85. The van der Waals surface area contributed by atoms with Crippen molar-refractivity contribution >= 4 is 28.5 Å². The summed E-state index contributed by atoms with van der Waals surface area (Å²) in [6, 6.07) is 18.7. The van der Waals surface area contributed by atoms with E-state index >= 15 is 0 Å². The van der Waals surface area contributed by atoms with Gasteiger partial charge >= 0.3 is 5.97 Å². The van der Waals surface area contributed by atoms with Gasteiger partial charge in [-0.25, -0.2) is 4.79 Å². The Kier molecular flexibility index (Phi) is 6.42. The molecule has 0 N–H and O–H groups in total. The van der Waals surface area contributed by atoms with Crippen LogP contribution in [-0.4, -0.2) is 12.6 Å². The number of esters is 1. The summed E-state index contributed by atoms with van der Waals surface area (Å²) in [6.07, 6.45) is 1.26. The van der Waals surface area contributed by atoms with Crippen molar-refractivity contribution in [1.82, 2.24) is 0 Å². The molecule has 0 atom stereocenters. The summed E-state index contributed by atoms with van der Waals surface area (Å²) in [5.41, 5.74) is 1.43. The molecule has 0 bridgehead atoms. The molecular weight excluding hydrogens is 432 g/mol. The fourth-order valence-corrected chi connectivity index (χ4v) is 3.12. The summed E-state index contributed by atoms with van der Waals surface area (Å²) in [5, 5.41) is 1.03. The Morgan fingerprint density at radius 1 is 0.969 bits per heavy atom. The van der Waals surface area contributed by atoms with E-state index in [0.717, 1.165) is 5.56 Å². The van der Waals surface area contributed by atoms with E-state index in [1.54, 1.807) is 61.5 Å². The summed E-state index contributed by atoms with van der Waals surface area (Å²) in [5.74, 6) is 0.584. The molecule has 0 aliphatic carbocycles. The number of carbonyl (C=O) groups is 1. The van der Waals surface area contributed by atoms with Crippen molar-refractivity contribution in [3.8, 4) is 17.2 Å². The van der Waals surface area contributed by atoms with Crippen LogP contribution >= 0.6 is 11.6 Å². The van der Waals surface area contributed by atoms with Crippen LogP contribution in [0.3, 0.4) is 0 Å². The molecule has 3 aromatic carbocycles. The third-order valence-electron chi connectivity index (χ3n) is 4.63. The van der Waals surface area contributed by atoms with Gasteiger partial charge in [0.2, 0.25) is 11.2 Å². The SMILES string of the molecule is CCOC(=O)c1ccc(Oc2coc3cc(OCc4ccc(Cl)cc4)ccc3c2=O)cc1. The molecule has 0 saturated heterocycles. The first-order valence-corrected chi connectivity index (χ1v) is 10.3. The smallest absolute Gasteiger partial charge is 0.338 e. The molecule has 0 amide bonds. The number of hydrogen-bond donors (Lipinski definition) is 0. The Bertz CT molecular complexity index is 1290. The van der Waals surface area contributed by atoms with Gasteiger partial charge in [0.15, 0.2) is 0 Å². The zero-order valence-electron chi connectivity index (χ0n) is 17.2. The molecule has 0 fully saturated rings. The van der Waals surface area contributed by atoms with Crippen LogP contribution in [0, 0.1) is 0 Å². The third-order valence-corrected chi connectivity index (χ3v) is 4.88. The fourth-order valence-electron chi connectivity index (χ4n) is 3.00. The molecule has 0 spiro atoms. The average molecular weight is 451 g/mol. The highest BCUT2D eigenvalue weighted by Crippen LogP contribution is 2.25. The average Bonchev–Trinajstić information content (AvgIpc) is 2.81. The number of hydrogen-bond acceptors (Lipinski definition) is 6. The minimum atomic E-state index is -0.418. The maximum atomic E-state index is 12.8. The molecule has 4 aromatic rings. The Morgan fingerprint density at radius 2 is 1.69 bits per heavy atom. The second kappa shape index (κ2) is 9.58. The van der Waals surface area contributed by atoms with E-state index in [1.165, 1.54) is 6.26 Å². The predicted molar refractivity (Wildman–Crippen MR) is 121 cm³/mol. The van der Waals surface area contributed by atoms with Crippen molar-refractivity contribution in [2.75, 3.05) is 6.61 Å². The normalized spacial score (nSPS) is 10.7. The van der Waals surface area contributed by atoms with E-state index in [2.05, 4.69) is 0 Å². The predicted octanol–water partition coefficient (Wildman–Crippen LogP) is 5.99. The number of halogens is 1. The topological polar surface area (TPSA) is 75.0 Å². The van der Waals surface area contributed by atoms with E-state index in [1.807, 2.05) is 12.1 Å². The maximum absolute atomic E-state index is 12.8. The Labute approximate surface area is 188 Å². The van der Waals surface area contributed by atoms with Gasteiger partial charge in [-0.05, 0) is 61.0 Å². The van der Waals surface area contributed by atoms with Crippen molar-refractivity contribution in [2.24, 2.45) is 0 Å². The van der Waals surface area contributed by atoms with E-state index in [-0.39, 0.29) is 11.2 Å². The minimum absolute atomic E-state index is 0.0382. The lowest BCUT2D eigenvalue weighted by Gasteiger charge is -2.09. The number of carbonyl (C=O) groups excluding carboxylic acids is 1. The molecule has 0 unspecified atom stereocenters. The monoisotopic (exact) mass is 450 g/mol. The van der Waals surface area contributed by atoms with Gasteiger partial charge in [0.05, 0.1) is 17.6 Å². The highest BCUT2D eigenvalue weighted by Gasteiger charge is 2.12. The standard InChI is InChI=1S/C25H19ClO6/c1-2-29-25(28)17-5-9-19(10-6-17)32-23-15-31-22-13-20(11-12-21(22)24(23)27)30-14-16-3-7-18(26)8-4-16/h3-13,15H,2,14H2,1H3. The lowest BCUT2D eigenvalue weighted by Crippen LogP contribution is -2.06. The van der Waals surface area contributed by atoms with Crippen LogP contribution in [0.2, 0.25) is 5.02 Å². The Hall–Kier alpha value is -3.77. The maximum Gasteiger partial charge on any atom is 0.338 e. The number of ether oxygens (including phenoxy) is 3. The van der Waals surface area contributed by atoms with Crippen LogP contribution in [0.5, 0.6) is 17.2 Å². The van der Waals surface area contributed by atoms with Gasteiger partial charge in [-0.2, -0.15) is 0 Å². The quantitative estimate of drug-likeness (QED) is 0.322. The molecule has 0 radical (unpaired) electrons. The number of fused-ring (bicyclic) bond motifs is 1. The minimum Gasteiger partial charge on any atom is -0.489 e. The van der Waals surface area contributed by atoms with Gasteiger partial charge in [0, 0.05) is 11.1 Å². The van der Waals surface area contributed by atoms with E-state index in [4.69, 9.17) is 30.2 Å². The highest BCUT2D eigenvalue weighted by molar-refractivity contribution is 6.30. The summed E-state index contributed by atoms with van der Waals surface area (Å²) < 4.78 is 22.0. The van der Waals surface area contributed by atoms with Crippen LogP contribution in [0.1, 0.15) is 22.8 Å². The number of rotatable bonds is 7. The summed E-state index contributed by atoms with van der Waals surface area (Å²) in [6.45, 7) is 2.39. The van der Waals surface area contributed by atoms with Gasteiger partial charge in [-0.15, -0.1) is 0 Å². The Morgan fingerprint density at radius 3 is 2.41 bits per heavy atom. The van der Waals surface area contributed by atoms with Gasteiger partial charge in [-0.3, -0.25) is 4.79 Å². The van der Waals surface area contributed by atoms with Crippen molar-refractivity contribution in [2.45, 2.75) is 13.5 Å². The first-order chi connectivity index (χ1) is 15.5. The van der Waals surface area contributed by atoms with Gasteiger partial charge in [0.1, 0.15) is 30.0 Å². The molecule has 0 aliphatic rings. The zero-order valence-corrected chi connectivity index (χ0v) is 17.9. The lowest BCUT2D eigenvalue weighted by molar-refractivity contribution is 0.0526. The molecule has 6 nitrogen and oxygen atoms in total. The second-order valence-corrected chi connectivity index (χ2v) is 7.29. The van der Waals surface area contributed by atoms with Crippen molar-refractivity contribution in [3.05, 3.63) is 99.4 Å². The zero-order chi connectivity index (χ0) is 22.5. The van der Waals surface area contributed by atoms with Crippen molar-refractivity contribution in [3.63, 3.8) is 0 Å². The van der Waals surface area contributed by atoms with Crippen LogP contribution in [0.25, 0.3) is 11.0 Å². The van der Waals surface area contributed by atoms with Crippen molar-refractivity contribution < 1.29 is 23.4 Å². The molecule has 1 heterocycles. The van der Waals surface area contributed by atoms with E-state index in [9.17, 15) is 9.59 Å². The first kappa shape index (κ1) is 21.5. The molecule has 32 heavy (non-hydrogen) atoms. The Balaban J connectivity index is 1.49. The summed E-state index contributed by atoms with van der Waals surface area (Å²) >= 11 is 5.89. The van der Waals surface area contributed by atoms with Crippen LogP contribution < -0.4 is 14.9 Å².